The molecule has 2 bridgehead atoms. The molecular formula is C51H82O18P2. The number of phosphoric acid groups is 2. The van der Waals surface area contributed by atoms with Crippen LogP contribution >= 0.6 is 15.6 Å². The van der Waals surface area contributed by atoms with Crippen LogP contribution in [0.5, 0.6) is 0 Å². The lowest BCUT2D eigenvalue weighted by atomic mass is 9.87. The highest BCUT2D eigenvalue weighted by atomic mass is 31.2. The van der Waals surface area contributed by atoms with Gasteiger partial charge in [-0.2, -0.15) is 0 Å². The smallest absolute Gasteiger partial charge is 0.462 e. The van der Waals surface area contributed by atoms with Crippen LogP contribution in [0.15, 0.2) is 85.1 Å². The molecule has 18 nitrogen and oxygen atoms in total. The van der Waals surface area contributed by atoms with Gasteiger partial charge in [-0.05, 0) is 76.7 Å². The normalized spacial score (nSPS) is 29.6. The van der Waals surface area contributed by atoms with Crippen LogP contribution < -0.4 is 0 Å². The van der Waals surface area contributed by atoms with Crippen molar-refractivity contribution < 1.29 is 86.8 Å². The summed E-state index contributed by atoms with van der Waals surface area (Å²) in [6.07, 6.45) is 20.4. The van der Waals surface area contributed by atoms with E-state index in [1.165, 1.54) is 12.2 Å². The summed E-state index contributed by atoms with van der Waals surface area (Å²) in [5.41, 5.74) is 0. The SMILES string of the molecule is CC/C=C\C/C=C\C/C=C\C/C=C\CCCCCCCCC(=O)O[C@@H]1COC(=O)CCC/C=C\C[C@H]2/C=C\C(=O)[C@H](/C=C/[C@@H](O)CCCCC)[C@@H](O)[C@@H](OP(=O)(O)O)[C@@H](OP(=O)(O)OC1)[C@H](O)[C@@H](O)[C@@H]2O. The number of hydrogen-bond donors (Lipinski definition) is 8. The number of carbonyl (C=O) groups excluding carboxylic acids is 3. The second kappa shape index (κ2) is 36.7. The Labute approximate surface area is 420 Å². The summed E-state index contributed by atoms with van der Waals surface area (Å²) in [6, 6.07) is 0. The van der Waals surface area contributed by atoms with Crippen molar-refractivity contribution >= 4 is 33.4 Å². The third-order valence-electron chi connectivity index (χ3n) is 11.7. The maximum absolute atomic E-state index is 13.8. The van der Waals surface area contributed by atoms with Gasteiger partial charge in [0, 0.05) is 18.8 Å². The minimum Gasteiger partial charge on any atom is -0.462 e. The molecule has 2 rings (SSSR count). The second-order valence-electron chi connectivity index (χ2n) is 17.8. The van der Waals surface area contributed by atoms with Crippen LogP contribution in [0, 0.1) is 11.8 Å². The fraction of sp³-hybridized carbons (Fsp3) is 0.667. The molecule has 8 N–H and O–H groups in total. The molecular weight excluding hydrogens is 962 g/mol. The van der Waals surface area contributed by atoms with Crippen LogP contribution in [0.3, 0.4) is 0 Å². The molecule has 0 amide bonds. The number of carbonyl (C=O) groups is 3. The molecule has 404 valence electrons. The highest BCUT2D eigenvalue weighted by Crippen LogP contribution is 2.49. The van der Waals surface area contributed by atoms with Crippen LogP contribution in [0.1, 0.15) is 142 Å². The molecule has 1 heterocycles. The molecule has 20 heteroatoms. The van der Waals surface area contributed by atoms with E-state index in [1.807, 2.05) is 6.92 Å². The molecule has 71 heavy (non-hydrogen) atoms. The highest BCUT2D eigenvalue weighted by molar-refractivity contribution is 7.47. The largest absolute Gasteiger partial charge is 0.472 e. The van der Waals surface area contributed by atoms with Gasteiger partial charge in [-0.25, -0.2) is 9.13 Å². The van der Waals surface area contributed by atoms with Crippen molar-refractivity contribution in [2.24, 2.45) is 11.8 Å². The number of esters is 2. The molecule has 0 aromatic carbocycles. The quantitative estimate of drug-likeness (QED) is 0.0187. The van der Waals surface area contributed by atoms with Crippen molar-refractivity contribution in [3.05, 3.63) is 85.1 Å². The Balaban J connectivity index is 2.23. The number of phosphoric ester groups is 2. The number of rotatable bonds is 25. The topological polar surface area (TPSA) is 293 Å². The lowest BCUT2D eigenvalue weighted by molar-refractivity contribution is -0.163. The molecule has 0 radical (unpaired) electrons. The first kappa shape index (κ1) is 63.9. The van der Waals surface area contributed by atoms with Gasteiger partial charge in [-0.3, -0.25) is 28.0 Å². The number of aliphatic hydroxyl groups excluding tert-OH is 5. The minimum atomic E-state index is -5.76. The Morgan fingerprint density at radius 2 is 1.48 bits per heavy atom. The molecule has 2 aliphatic rings. The first-order valence-electron chi connectivity index (χ1n) is 25.2. The fourth-order valence-corrected chi connectivity index (χ4v) is 9.21. The Bertz CT molecular complexity index is 1840. The number of ketones is 1. The van der Waals surface area contributed by atoms with Crippen molar-refractivity contribution in [1.29, 1.82) is 0 Å². The molecule has 0 saturated carbocycles. The monoisotopic (exact) mass is 1040 g/mol. The average Bonchev–Trinajstić information content (AvgIpc) is 3.32. The standard InChI is InChI=1S/C51H82O18P2/c1-3-5-7-8-9-10-11-12-13-14-15-16-17-18-19-20-21-22-28-32-45(55)67-41-37-65-44(54)31-27-24-23-26-29-39-33-36-43(53)42(35-34-40(52)30-25-6-4-2)47(57)50(68-70(60,61)62)51(49(59)48(58)46(39)56)69-71(63,64)66-38-41/h5,7,9-10,12-13,15-16,23,26,33-36,39-42,46-52,56-59H,3-4,6,8,11,14,17-22,24-25,27-32,37-38H2,1-2H3,(H,63,64)(H2,60,61,62)/b7-5-,10-9-,13-12-,16-15-,26-23-,35-34+,36-33-/t39-,40-,41+,42-,46+,47+,48-,49+,50+,51-/m0/s1. The Kier molecular flexibility index (Phi) is 33.0. The minimum absolute atomic E-state index is 0.0419. The zero-order valence-electron chi connectivity index (χ0n) is 41.5. The number of hydrogen-bond acceptors (Lipinski definition) is 15. The summed E-state index contributed by atoms with van der Waals surface area (Å²) in [5.74, 6) is -5.34. The number of ether oxygens (including phenoxy) is 2. The van der Waals surface area contributed by atoms with E-state index in [0.717, 1.165) is 89.2 Å². The maximum Gasteiger partial charge on any atom is 0.472 e. The van der Waals surface area contributed by atoms with Gasteiger partial charge < -0.3 is 49.7 Å². The lowest BCUT2D eigenvalue weighted by Crippen LogP contribution is -2.56. The number of aliphatic hydroxyl groups is 5. The zero-order chi connectivity index (χ0) is 52.5. The summed E-state index contributed by atoms with van der Waals surface area (Å²) in [7, 11) is -11.4. The molecule has 0 aromatic heterocycles. The van der Waals surface area contributed by atoms with E-state index in [0.29, 0.717) is 25.7 Å². The maximum atomic E-state index is 13.8. The van der Waals surface area contributed by atoms with E-state index in [1.54, 1.807) is 12.2 Å². The van der Waals surface area contributed by atoms with Gasteiger partial charge in [0.15, 0.2) is 11.9 Å². The second-order valence-corrected chi connectivity index (χ2v) is 20.4. The number of fused-ring (bicyclic) bond motifs is 4. The average molecular weight is 1050 g/mol. The highest BCUT2D eigenvalue weighted by Gasteiger charge is 2.50. The molecule has 1 aliphatic heterocycles. The fourth-order valence-electron chi connectivity index (χ4n) is 7.68. The predicted octanol–water partition coefficient (Wildman–Crippen LogP) is 7.79. The number of cyclic esters (lactones) is 1. The van der Waals surface area contributed by atoms with Crippen LogP contribution in [0.2, 0.25) is 0 Å². The first-order chi connectivity index (χ1) is 33.9. The molecule has 0 saturated heterocycles. The van der Waals surface area contributed by atoms with Crippen molar-refractivity contribution in [3.63, 3.8) is 0 Å². The number of unbranched alkanes of at least 4 members (excludes halogenated alkanes) is 8. The van der Waals surface area contributed by atoms with Crippen molar-refractivity contribution in [2.45, 2.75) is 191 Å². The van der Waals surface area contributed by atoms with Gasteiger partial charge in [0.25, 0.3) is 0 Å². The summed E-state index contributed by atoms with van der Waals surface area (Å²) >= 11 is 0. The molecule has 1 aliphatic carbocycles. The van der Waals surface area contributed by atoms with E-state index >= 15 is 0 Å². The van der Waals surface area contributed by atoms with Gasteiger partial charge in [0.2, 0.25) is 0 Å². The van der Waals surface area contributed by atoms with Gasteiger partial charge >= 0.3 is 27.6 Å². The van der Waals surface area contributed by atoms with E-state index in [4.69, 9.17) is 23.0 Å². The zero-order valence-corrected chi connectivity index (χ0v) is 43.3. The van der Waals surface area contributed by atoms with Gasteiger partial charge in [-0.15, -0.1) is 0 Å². The van der Waals surface area contributed by atoms with Crippen molar-refractivity contribution in [1.82, 2.24) is 0 Å². The Morgan fingerprint density at radius 1 is 0.831 bits per heavy atom. The van der Waals surface area contributed by atoms with E-state index < -0.39 is 107 Å². The molecule has 0 spiro atoms. The van der Waals surface area contributed by atoms with Crippen LogP contribution in [0.25, 0.3) is 0 Å². The van der Waals surface area contributed by atoms with Crippen LogP contribution in [-0.2, 0) is 46.6 Å². The van der Waals surface area contributed by atoms with Gasteiger partial charge in [0.05, 0.1) is 30.8 Å². The van der Waals surface area contributed by atoms with E-state index in [9.17, 15) is 63.7 Å². The Hall–Kier alpha value is -3.19. The van der Waals surface area contributed by atoms with Crippen molar-refractivity contribution in [2.75, 3.05) is 13.2 Å². The van der Waals surface area contributed by atoms with E-state index in [2.05, 4.69) is 55.5 Å². The van der Waals surface area contributed by atoms with Crippen molar-refractivity contribution in [3.8, 4) is 0 Å². The van der Waals surface area contributed by atoms with Crippen LogP contribution in [-0.4, -0.2) is 120 Å². The molecule has 1 unspecified atom stereocenters. The third-order valence-corrected chi connectivity index (χ3v) is 13.2. The summed E-state index contributed by atoms with van der Waals surface area (Å²) in [5, 5.41) is 56.6. The Morgan fingerprint density at radius 3 is 2.14 bits per heavy atom. The first-order valence-corrected chi connectivity index (χ1v) is 28.2. The van der Waals surface area contributed by atoms with Gasteiger partial charge in [0.1, 0.15) is 31.0 Å². The third kappa shape index (κ3) is 28.7. The predicted molar refractivity (Wildman–Crippen MR) is 268 cm³/mol. The summed E-state index contributed by atoms with van der Waals surface area (Å²) < 4.78 is 52.2. The van der Waals surface area contributed by atoms with E-state index in [-0.39, 0.29) is 25.7 Å². The lowest BCUT2D eigenvalue weighted by Gasteiger charge is -2.38. The molecule has 11 atom stereocenters. The summed E-state index contributed by atoms with van der Waals surface area (Å²) in [4.78, 5) is 70.5. The summed E-state index contributed by atoms with van der Waals surface area (Å²) in [6.45, 7) is 2.48. The molecule has 0 aromatic rings. The molecule has 0 fully saturated rings. The number of allylic oxidation sites excluding steroid dienone is 11. The van der Waals surface area contributed by atoms with Gasteiger partial charge in [-0.1, -0.05) is 138 Å². The van der Waals surface area contributed by atoms with Crippen LogP contribution in [0.4, 0.5) is 0 Å².